The van der Waals surface area contributed by atoms with Crippen molar-refractivity contribution >= 4 is 17.0 Å². The molecule has 2 N–H and O–H groups in total. The third kappa shape index (κ3) is 2.40. The van der Waals surface area contributed by atoms with Gasteiger partial charge < -0.3 is 15.0 Å². The fourth-order valence-corrected chi connectivity index (χ4v) is 2.24. The highest BCUT2D eigenvalue weighted by Crippen LogP contribution is 2.24. The predicted molar refractivity (Wildman–Crippen MR) is 76.2 cm³/mol. The Morgan fingerprint density at radius 2 is 2.00 bits per heavy atom. The molecule has 0 bridgehead atoms. The van der Waals surface area contributed by atoms with Crippen molar-refractivity contribution < 1.29 is 13.5 Å². The van der Waals surface area contributed by atoms with Gasteiger partial charge in [-0.3, -0.25) is 0 Å². The molecule has 1 aromatic heterocycles. The molecule has 0 aliphatic carbocycles. The average molecular weight is 289 g/mol. The first-order valence-electron chi connectivity index (χ1n) is 6.32. The van der Waals surface area contributed by atoms with Crippen molar-refractivity contribution in [1.82, 2.24) is 9.55 Å². The van der Waals surface area contributed by atoms with Crippen LogP contribution in [0.4, 0.5) is 14.7 Å². The first-order valence-corrected chi connectivity index (χ1v) is 6.32. The van der Waals surface area contributed by atoms with Crippen molar-refractivity contribution in [2.24, 2.45) is 0 Å². The summed E-state index contributed by atoms with van der Waals surface area (Å²) in [5, 5.41) is 0. The maximum absolute atomic E-state index is 13.8. The van der Waals surface area contributed by atoms with Gasteiger partial charge in [0.05, 0.1) is 24.7 Å². The largest absolute Gasteiger partial charge is 0.497 e. The summed E-state index contributed by atoms with van der Waals surface area (Å²) >= 11 is 0. The molecule has 0 saturated carbocycles. The summed E-state index contributed by atoms with van der Waals surface area (Å²) in [7, 11) is 1.56. The molecule has 21 heavy (non-hydrogen) atoms. The third-order valence-corrected chi connectivity index (χ3v) is 3.33. The second-order valence-corrected chi connectivity index (χ2v) is 4.65. The van der Waals surface area contributed by atoms with Crippen molar-refractivity contribution in [2.75, 3.05) is 12.8 Å². The summed E-state index contributed by atoms with van der Waals surface area (Å²) in [5.74, 6) is -0.281. The first-order chi connectivity index (χ1) is 10.1. The maximum Gasteiger partial charge on any atom is 0.201 e. The van der Waals surface area contributed by atoms with Gasteiger partial charge >= 0.3 is 0 Å². The number of nitrogen functional groups attached to an aromatic ring is 1. The fraction of sp³-hybridized carbons (Fsp3) is 0.133. The zero-order valence-corrected chi connectivity index (χ0v) is 11.3. The molecule has 0 spiro atoms. The van der Waals surface area contributed by atoms with E-state index < -0.39 is 11.6 Å². The lowest BCUT2D eigenvalue weighted by Crippen LogP contribution is -2.06. The number of fused-ring (bicyclic) bond motifs is 1. The van der Waals surface area contributed by atoms with Crippen LogP contribution in [0.1, 0.15) is 5.56 Å². The van der Waals surface area contributed by atoms with Gasteiger partial charge in [-0.1, -0.05) is 6.07 Å². The molecule has 0 atom stereocenters. The third-order valence-electron chi connectivity index (χ3n) is 3.33. The molecule has 108 valence electrons. The van der Waals surface area contributed by atoms with Crippen LogP contribution in [0.25, 0.3) is 11.0 Å². The molecule has 3 aromatic rings. The standard InChI is InChI=1S/C15H13F2N3O/c1-21-11-4-5-14-13(7-11)19-15(18)20(14)8-9-2-3-10(16)6-12(9)17/h2-7H,8H2,1H3,(H2,18,19). The van der Waals surface area contributed by atoms with Gasteiger partial charge in [-0.15, -0.1) is 0 Å². The van der Waals surface area contributed by atoms with Gasteiger partial charge in [-0.25, -0.2) is 13.8 Å². The minimum Gasteiger partial charge on any atom is -0.497 e. The lowest BCUT2D eigenvalue weighted by atomic mass is 10.2. The summed E-state index contributed by atoms with van der Waals surface area (Å²) in [6, 6.07) is 8.81. The molecule has 0 unspecified atom stereocenters. The van der Waals surface area contributed by atoms with Crippen LogP contribution < -0.4 is 10.5 Å². The van der Waals surface area contributed by atoms with Crippen LogP contribution in [0.3, 0.4) is 0 Å². The fourth-order valence-electron chi connectivity index (χ4n) is 2.24. The van der Waals surface area contributed by atoms with E-state index in [1.54, 1.807) is 29.9 Å². The van der Waals surface area contributed by atoms with E-state index in [0.29, 0.717) is 16.8 Å². The molecule has 0 radical (unpaired) electrons. The minimum absolute atomic E-state index is 0.181. The van der Waals surface area contributed by atoms with Gasteiger partial charge in [0.2, 0.25) is 5.95 Å². The molecule has 4 nitrogen and oxygen atoms in total. The normalized spacial score (nSPS) is 11.0. The van der Waals surface area contributed by atoms with Crippen LogP contribution in [0.5, 0.6) is 5.75 Å². The number of aromatic nitrogens is 2. The molecule has 0 fully saturated rings. The summed E-state index contributed by atoms with van der Waals surface area (Å²) < 4.78 is 33.5. The lowest BCUT2D eigenvalue weighted by Gasteiger charge is -2.08. The highest BCUT2D eigenvalue weighted by atomic mass is 19.1. The quantitative estimate of drug-likeness (QED) is 0.806. The Hall–Kier alpha value is -2.63. The van der Waals surface area contributed by atoms with Crippen molar-refractivity contribution in [3.05, 3.63) is 53.6 Å². The molecule has 0 amide bonds. The first kappa shape index (κ1) is 13.4. The Balaban J connectivity index is 2.06. The zero-order valence-electron chi connectivity index (χ0n) is 11.3. The van der Waals surface area contributed by atoms with Crippen LogP contribution in [0.15, 0.2) is 36.4 Å². The summed E-state index contributed by atoms with van der Waals surface area (Å²) in [5.41, 5.74) is 7.66. The van der Waals surface area contributed by atoms with Crippen LogP contribution >= 0.6 is 0 Å². The summed E-state index contributed by atoms with van der Waals surface area (Å²) in [6.45, 7) is 0.181. The van der Waals surface area contributed by atoms with Crippen LogP contribution in [-0.4, -0.2) is 16.7 Å². The van der Waals surface area contributed by atoms with Crippen LogP contribution in [0.2, 0.25) is 0 Å². The second kappa shape index (κ2) is 5.05. The Bertz CT molecular complexity index is 814. The molecule has 0 aliphatic rings. The summed E-state index contributed by atoms with van der Waals surface area (Å²) in [4.78, 5) is 4.23. The van der Waals surface area contributed by atoms with E-state index >= 15 is 0 Å². The molecule has 0 aliphatic heterocycles. The highest BCUT2D eigenvalue weighted by molar-refractivity contribution is 5.80. The Morgan fingerprint density at radius 3 is 2.71 bits per heavy atom. The Kier molecular flexibility index (Phi) is 3.21. The van der Waals surface area contributed by atoms with E-state index in [1.807, 2.05) is 0 Å². The number of hydrogen-bond acceptors (Lipinski definition) is 3. The number of methoxy groups -OCH3 is 1. The number of rotatable bonds is 3. The number of imidazole rings is 1. The Labute approximate surface area is 119 Å². The smallest absolute Gasteiger partial charge is 0.201 e. The van der Waals surface area contributed by atoms with Gasteiger partial charge in [-0.2, -0.15) is 0 Å². The number of nitrogens with two attached hydrogens (primary N) is 1. The van der Waals surface area contributed by atoms with E-state index in [2.05, 4.69) is 4.98 Å². The van der Waals surface area contributed by atoms with Gasteiger partial charge in [-0.05, 0) is 18.2 Å². The van der Waals surface area contributed by atoms with Crippen LogP contribution in [-0.2, 0) is 6.54 Å². The van der Waals surface area contributed by atoms with Crippen molar-refractivity contribution in [1.29, 1.82) is 0 Å². The number of ether oxygens (including phenoxy) is 1. The van der Waals surface area contributed by atoms with Gasteiger partial charge in [0, 0.05) is 17.7 Å². The van der Waals surface area contributed by atoms with E-state index in [-0.39, 0.29) is 12.5 Å². The SMILES string of the molecule is COc1ccc2c(c1)nc(N)n2Cc1ccc(F)cc1F. The second-order valence-electron chi connectivity index (χ2n) is 4.65. The monoisotopic (exact) mass is 289 g/mol. The topological polar surface area (TPSA) is 53.1 Å². The molecule has 6 heteroatoms. The lowest BCUT2D eigenvalue weighted by molar-refractivity contribution is 0.415. The van der Waals surface area contributed by atoms with E-state index in [1.165, 1.54) is 12.1 Å². The zero-order chi connectivity index (χ0) is 15.0. The summed E-state index contributed by atoms with van der Waals surface area (Å²) in [6.07, 6.45) is 0. The molecular formula is C15H13F2N3O. The maximum atomic E-state index is 13.8. The van der Waals surface area contributed by atoms with E-state index in [4.69, 9.17) is 10.5 Å². The number of nitrogens with zero attached hydrogens (tertiary/aromatic N) is 2. The predicted octanol–water partition coefficient (Wildman–Crippen LogP) is 2.95. The minimum atomic E-state index is -0.607. The van der Waals surface area contributed by atoms with E-state index in [9.17, 15) is 8.78 Å². The van der Waals surface area contributed by atoms with Crippen molar-refractivity contribution in [3.63, 3.8) is 0 Å². The highest BCUT2D eigenvalue weighted by Gasteiger charge is 2.12. The van der Waals surface area contributed by atoms with Gasteiger partial charge in [0.25, 0.3) is 0 Å². The Morgan fingerprint density at radius 1 is 1.19 bits per heavy atom. The van der Waals surface area contributed by atoms with Gasteiger partial charge in [0.1, 0.15) is 17.4 Å². The van der Waals surface area contributed by atoms with Crippen molar-refractivity contribution in [3.8, 4) is 5.75 Å². The van der Waals surface area contributed by atoms with Crippen molar-refractivity contribution in [2.45, 2.75) is 6.54 Å². The molecule has 1 heterocycles. The molecular weight excluding hydrogens is 276 g/mol. The number of anilines is 1. The van der Waals surface area contributed by atoms with Gasteiger partial charge in [0.15, 0.2) is 0 Å². The average Bonchev–Trinajstić information content (AvgIpc) is 2.77. The molecule has 0 saturated heterocycles. The number of hydrogen-bond donors (Lipinski definition) is 1. The number of halogens is 2. The van der Waals surface area contributed by atoms with Crippen LogP contribution in [0, 0.1) is 11.6 Å². The van der Waals surface area contributed by atoms with E-state index in [0.717, 1.165) is 11.6 Å². The molecule has 2 aromatic carbocycles. The molecule has 3 rings (SSSR count). The number of benzene rings is 2.